The first kappa shape index (κ1) is 14.2. The normalized spacial score (nSPS) is 24.7. The predicted octanol–water partition coefficient (Wildman–Crippen LogP) is 0.824. The Morgan fingerprint density at radius 2 is 2.06 bits per heavy atom. The van der Waals surface area contributed by atoms with Crippen LogP contribution in [-0.2, 0) is 9.53 Å². The van der Waals surface area contributed by atoms with Gasteiger partial charge in [-0.05, 0) is 30.3 Å². The SMILES string of the molecule is COC(=O)C(CN1CCNCC1)C1CCSCC1. The number of nitrogens with one attached hydrogen (secondary N) is 1. The van der Waals surface area contributed by atoms with Crippen molar-refractivity contribution in [2.75, 3.05) is 51.3 Å². The molecule has 5 heteroatoms. The average Bonchev–Trinajstić information content (AvgIpc) is 2.46. The van der Waals surface area contributed by atoms with Gasteiger partial charge in [-0.15, -0.1) is 0 Å². The van der Waals surface area contributed by atoms with Crippen molar-refractivity contribution in [1.29, 1.82) is 0 Å². The largest absolute Gasteiger partial charge is 0.469 e. The van der Waals surface area contributed by atoms with Crippen molar-refractivity contribution in [3.8, 4) is 0 Å². The third kappa shape index (κ3) is 3.87. The van der Waals surface area contributed by atoms with Crippen LogP contribution in [0.5, 0.6) is 0 Å². The van der Waals surface area contributed by atoms with Crippen molar-refractivity contribution in [3.63, 3.8) is 0 Å². The van der Waals surface area contributed by atoms with Gasteiger partial charge in [-0.2, -0.15) is 11.8 Å². The molecule has 1 unspecified atom stereocenters. The molecule has 0 spiro atoms. The third-order valence-electron chi connectivity index (χ3n) is 4.00. The van der Waals surface area contributed by atoms with Crippen molar-refractivity contribution in [2.24, 2.45) is 11.8 Å². The summed E-state index contributed by atoms with van der Waals surface area (Å²) in [5.74, 6) is 2.98. The molecular formula is C13H24N2O2S. The van der Waals surface area contributed by atoms with Gasteiger partial charge in [0.2, 0.25) is 0 Å². The van der Waals surface area contributed by atoms with Crippen LogP contribution in [0.25, 0.3) is 0 Å². The highest BCUT2D eigenvalue weighted by atomic mass is 32.2. The van der Waals surface area contributed by atoms with E-state index in [4.69, 9.17) is 4.74 Å². The minimum atomic E-state index is -0.00886. The molecular weight excluding hydrogens is 248 g/mol. The van der Waals surface area contributed by atoms with Crippen LogP contribution < -0.4 is 5.32 Å². The molecule has 0 aromatic heterocycles. The van der Waals surface area contributed by atoms with Gasteiger partial charge in [0, 0.05) is 32.7 Å². The molecule has 4 nitrogen and oxygen atoms in total. The molecule has 2 fully saturated rings. The second-order valence-electron chi connectivity index (χ2n) is 5.13. The van der Waals surface area contributed by atoms with E-state index in [-0.39, 0.29) is 11.9 Å². The van der Waals surface area contributed by atoms with E-state index in [1.165, 1.54) is 18.6 Å². The van der Waals surface area contributed by atoms with Crippen molar-refractivity contribution >= 4 is 17.7 Å². The van der Waals surface area contributed by atoms with E-state index in [1.54, 1.807) is 0 Å². The molecule has 0 saturated carbocycles. The molecule has 0 radical (unpaired) electrons. The highest BCUT2D eigenvalue weighted by Gasteiger charge is 2.32. The summed E-state index contributed by atoms with van der Waals surface area (Å²) in [6, 6.07) is 0. The molecule has 2 aliphatic rings. The maximum atomic E-state index is 12.0. The molecule has 18 heavy (non-hydrogen) atoms. The molecule has 1 N–H and O–H groups in total. The Balaban J connectivity index is 1.92. The number of thioether (sulfide) groups is 1. The van der Waals surface area contributed by atoms with E-state index in [0.29, 0.717) is 5.92 Å². The second-order valence-corrected chi connectivity index (χ2v) is 6.35. The van der Waals surface area contributed by atoms with Crippen LogP contribution in [0.2, 0.25) is 0 Å². The summed E-state index contributed by atoms with van der Waals surface area (Å²) in [7, 11) is 1.52. The Labute approximate surface area is 114 Å². The van der Waals surface area contributed by atoms with Crippen molar-refractivity contribution in [1.82, 2.24) is 10.2 Å². The number of nitrogens with zero attached hydrogens (tertiary/aromatic N) is 1. The lowest BCUT2D eigenvalue weighted by Crippen LogP contribution is -2.47. The third-order valence-corrected chi connectivity index (χ3v) is 5.05. The maximum absolute atomic E-state index is 12.0. The van der Waals surface area contributed by atoms with Crippen LogP contribution in [0.15, 0.2) is 0 Å². The highest BCUT2D eigenvalue weighted by Crippen LogP contribution is 2.30. The number of hydrogen-bond acceptors (Lipinski definition) is 5. The monoisotopic (exact) mass is 272 g/mol. The molecule has 0 aromatic carbocycles. The smallest absolute Gasteiger partial charge is 0.310 e. The molecule has 0 bridgehead atoms. The maximum Gasteiger partial charge on any atom is 0.310 e. The summed E-state index contributed by atoms with van der Waals surface area (Å²) >= 11 is 2.01. The molecule has 2 rings (SSSR count). The molecule has 104 valence electrons. The summed E-state index contributed by atoms with van der Waals surface area (Å²) < 4.78 is 5.02. The molecule has 0 aliphatic carbocycles. The Bertz CT molecular complexity index is 264. The van der Waals surface area contributed by atoms with E-state index in [0.717, 1.165) is 45.6 Å². The molecule has 2 saturated heterocycles. The fraction of sp³-hybridized carbons (Fsp3) is 0.923. The quantitative estimate of drug-likeness (QED) is 0.768. The molecule has 2 aliphatic heterocycles. The van der Waals surface area contributed by atoms with Crippen LogP contribution in [0.4, 0.5) is 0 Å². The minimum Gasteiger partial charge on any atom is -0.469 e. The Morgan fingerprint density at radius 1 is 1.39 bits per heavy atom. The zero-order chi connectivity index (χ0) is 12.8. The van der Waals surface area contributed by atoms with Gasteiger partial charge in [-0.25, -0.2) is 0 Å². The van der Waals surface area contributed by atoms with Gasteiger partial charge in [-0.1, -0.05) is 0 Å². The molecule has 0 aromatic rings. The number of hydrogen-bond donors (Lipinski definition) is 1. The zero-order valence-electron chi connectivity index (χ0n) is 11.2. The van der Waals surface area contributed by atoms with E-state index in [9.17, 15) is 4.79 Å². The summed E-state index contributed by atoms with van der Waals surface area (Å²) in [4.78, 5) is 14.4. The lowest BCUT2D eigenvalue weighted by Gasteiger charge is -2.34. The Morgan fingerprint density at radius 3 is 2.67 bits per heavy atom. The minimum absolute atomic E-state index is 0.00886. The average molecular weight is 272 g/mol. The molecule has 1 atom stereocenters. The van der Waals surface area contributed by atoms with E-state index in [1.807, 2.05) is 11.8 Å². The van der Waals surface area contributed by atoms with Gasteiger partial charge in [-0.3, -0.25) is 9.69 Å². The lowest BCUT2D eigenvalue weighted by atomic mass is 9.87. The number of ether oxygens (including phenoxy) is 1. The van der Waals surface area contributed by atoms with Crippen molar-refractivity contribution in [2.45, 2.75) is 12.8 Å². The summed E-state index contributed by atoms with van der Waals surface area (Å²) in [5.41, 5.74) is 0. The standard InChI is InChI=1S/C13H24N2O2S/c1-17-13(16)12(11-2-8-18-9-3-11)10-15-6-4-14-5-7-15/h11-12,14H,2-10H2,1H3. The fourth-order valence-corrected chi connectivity index (χ4v) is 4.00. The number of rotatable bonds is 4. The number of carbonyl (C=O) groups excluding carboxylic acids is 1. The van der Waals surface area contributed by atoms with E-state index in [2.05, 4.69) is 10.2 Å². The topological polar surface area (TPSA) is 41.6 Å². The first-order valence-corrected chi connectivity index (χ1v) is 8.05. The Hall–Kier alpha value is -0.260. The van der Waals surface area contributed by atoms with E-state index >= 15 is 0 Å². The van der Waals surface area contributed by atoms with Gasteiger partial charge in [0.15, 0.2) is 0 Å². The number of piperazine rings is 1. The lowest BCUT2D eigenvalue weighted by molar-refractivity contribution is -0.148. The van der Waals surface area contributed by atoms with Crippen LogP contribution >= 0.6 is 11.8 Å². The van der Waals surface area contributed by atoms with Gasteiger partial charge >= 0.3 is 5.97 Å². The fourth-order valence-electron chi connectivity index (χ4n) is 2.86. The zero-order valence-corrected chi connectivity index (χ0v) is 12.0. The van der Waals surface area contributed by atoms with Crippen LogP contribution in [0, 0.1) is 11.8 Å². The first-order valence-electron chi connectivity index (χ1n) is 6.90. The second kappa shape index (κ2) is 7.36. The number of esters is 1. The van der Waals surface area contributed by atoms with Crippen molar-refractivity contribution < 1.29 is 9.53 Å². The first-order chi connectivity index (χ1) is 8.81. The highest BCUT2D eigenvalue weighted by molar-refractivity contribution is 7.99. The summed E-state index contributed by atoms with van der Waals surface area (Å²) in [5, 5.41) is 3.35. The van der Waals surface area contributed by atoms with E-state index < -0.39 is 0 Å². The molecule has 0 amide bonds. The van der Waals surface area contributed by atoms with Gasteiger partial charge < -0.3 is 10.1 Å². The Kier molecular flexibility index (Phi) is 5.79. The van der Waals surface area contributed by atoms with Gasteiger partial charge in [0.25, 0.3) is 0 Å². The van der Waals surface area contributed by atoms with Crippen LogP contribution in [0.3, 0.4) is 0 Å². The van der Waals surface area contributed by atoms with Gasteiger partial charge in [0.1, 0.15) is 0 Å². The van der Waals surface area contributed by atoms with Crippen LogP contribution in [-0.4, -0.2) is 62.2 Å². The van der Waals surface area contributed by atoms with Gasteiger partial charge in [0.05, 0.1) is 13.0 Å². The summed E-state index contributed by atoms with van der Waals surface area (Å²) in [6.07, 6.45) is 2.33. The van der Waals surface area contributed by atoms with Crippen molar-refractivity contribution in [3.05, 3.63) is 0 Å². The number of carbonyl (C=O) groups is 1. The predicted molar refractivity (Wildman–Crippen MR) is 74.9 cm³/mol. The number of methoxy groups -OCH3 is 1. The molecule has 2 heterocycles. The summed E-state index contributed by atoms with van der Waals surface area (Å²) in [6.45, 7) is 5.05. The van der Waals surface area contributed by atoms with Crippen LogP contribution in [0.1, 0.15) is 12.8 Å².